The lowest BCUT2D eigenvalue weighted by Gasteiger charge is -2.20. The number of imidazole rings is 1. The van der Waals surface area contributed by atoms with Crippen LogP contribution in [0.1, 0.15) is 22.9 Å². The van der Waals surface area contributed by atoms with Gasteiger partial charge in [-0.15, -0.1) is 0 Å². The number of rotatable bonds is 1. The zero-order valence-corrected chi connectivity index (χ0v) is 13.3. The SMILES string of the molecule is Cc1cc2nc3n(c2cc1C)[C@@H](O)C=C(c1ccccc1)S3. The fraction of sp³-hybridized carbons (Fsp3) is 0.167. The van der Waals surface area contributed by atoms with Gasteiger partial charge in [-0.1, -0.05) is 42.1 Å². The van der Waals surface area contributed by atoms with Gasteiger partial charge in [0, 0.05) is 4.91 Å². The van der Waals surface area contributed by atoms with Gasteiger partial charge in [0.1, 0.15) is 0 Å². The fourth-order valence-electron chi connectivity index (χ4n) is 2.76. The maximum absolute atomic E-state index is 10.6. The van der Waals surface area contributed by atoms with Crippen LogP contribution in [-0.2, 0) is 0 Å². The third kappa shape index (κ3) is 2.07. The zero-order valence-electron chi connectivity index (χ0n) is 12.4. The number of hydrogen-bond donors (Lipinski definition) is 1. The molecule has 0 unspecified atom stereocenters. The molecule has 0 saturated heterocycles. The average Bonchev–Trinajstić information content (AvgIpc) is 2.86. The molecule has 2 heterocycles. The van der Waals surface area contributed by atoms with E-state index in [0.717, 1.165) is 26.7 Å². The summed E-state index contributed by atoms with van der Waals surface area (Å²) in [6.45, 7) is 4.17. The highest BCUT2D eigenvalue weighted by atomic mass is 32.2. The minimum absolute atomic E-state index is 0.682. The molecule has 0 bridgehead atoms. The highest BCUT2D eigenvalue weighted by Crippen LogP contribution is 2.42. The molecule has 3 aromatic rings. The van der Waals surface area contributed by atoms with Crippen LogP contribution >= 0.6 is 11.8 Å². The Kier molecular flexibility index (Phi) is 3.10. The van der Waals surface area contributed by atoms with E-state index in [0.29, 0.717) is 0 Å². The molecular weight excluding hydrogens is 292 g/mol. The van der Waals surface area contributed by atoms with Crippen LogP contribution in [0.5, 0.6) is 0 Å². The van der Waals surface area contributed by atoms with Gasteiger partial charge in [0.05, 0.1) is 11.0 Å². The summed E-state index contributed by atoms with van der Waals surface area (Å²) in [5.41, 5.74) is 5.47. The van der Waals surface area contributed by atoms with Crippen LogP contribution in [0.4, 0.5) is 0 Å². The Morgan fingerprint density at radius 2 is 1.82 bits per heavy atom. The van der Waals surface area contributed by atoms with Crippen molar-refractivity contribution >= 4 is 27.7 Å². The van der Waals surface area contributed by atoms with Crippen LogP contribution in [0.15, 0.2) is 53.7 Å². The Morgan fingerprint density at radius 3 is 2.59 bits per heavy atom. The summed E-state index contributed by atoms with van der Waals surface area (Å²) in [4.78, 5) is 5.75. The third-order valence-electron chi connectivity index (χ3n) is 4.10. The highest BCUT2D eigenvalue weighted by molar-refractivity contribution is 8.08. The Hall–Kier alpha value is -2.04. The summed E-state index contributed by atoms with van der Waals surface area (Å²) >= 11 is 1.60. The first-order valence-corrected chi connectivity index (χ1v) is 8.07. The Morgan fingerprint density at radius 1 is 1.09 bits per heavy atom. The van der Waals surface area contributed by atoms with Gasteiger partial charge >= 0.3 is 0 Å². The van der Waals surface area contributed by atoms with E-state index in [2.05, 4.69) is 38.1 Å². The van der Waals surface area contributed by atoms with Gasteiger partial charge in [-0.25, -0.2) is 4.98 Å². The second-order valence-electron chi connectivity index (χ2n) is 5.60. The predicted octanol–water partition coefficient (Wildman–Crippen LogP) is 4.29. The van der Waals surface area contributed by atoms with E-state index >= 15 is 0 Å². The van der Waals surface area contributed by atoms with Gasteiger partial charge in [0.25, 0.3) is 0 Å². The summed E-state index contributed by atoms with van der Waals surface area (Å²) in [5, 5.41) is 11.4. The number of fused-ring (bicyclic) bond motifs is 3. The third-order valence-corrected chi connectivity index (χ3v) is 5.16. The zero-order chi connectivity index (χ0) is 15.3. The number of hydrogen-bond acceptors (Lipinski definition) is 3. The van der Waals surface area contributed by atoms with Crippen molar-refractivity contribution in [2.45, 2.75) is 25.2 Å². The van der Waals surface area contributed by atoms with Crippen molar-refractivity contribution in [3.05, 3.63) is 65.2 Å². The molecule has 1 atom stereocenters. The first-order chi connectivity index (χ1) is 10.6. The topological polar surface area (TPSA) is 38.0 Å². The number of thioether (sulfide) groups is 1. The molecule has 0 aliphatic carbocycles. The molecule has 3 nitrogen and oxygen atoms in total. The van der Waals surface area contributed by atoms with Gasteiger partial charge in [0.15, 0.2) is 11.4 Å². The van der Waals surface area contributed by atoms with E-state index in [9.17, 15) is 5.11 Å². The summed E-state index contributed by atoms with van der Waals surface area (Å²) in [5.74, 6) is 0. The van der Waals surface area contributed by atoms with E-state index in [1.807, 2.05) is 28.8 Å². The molecule has 4 rings (SSSR count). The Labute approximate surface area is 133 Å². The summed E-state index contributed by atoms with van der Waals surface area (Å²) < 4.78 is 1.90. The van der Waals surface area contributed by atoms with Gasteiger partial charge in [-0.05, 0) is 48.7 Å². The number of benzene rings is 2. The van der Waals surface area contributed by atoms with E-state index in [4.69, 9.17) is 4.98 Å². The number of aryl methyl sites for hydroxylation is 2. The molecule has 1 N–H and O–H groups in total. The van der Waals surface area contributed by atoms with Gasteiger partial charge in [-0.3, -0.25) is 4.57 Å². The molecule has 2 aromatic carbocycles. The maximum Gasteiger partial charge on any atom is 0.176 e. The van der Waals surface area contributed by atoms with Crippen LogP contribution in [0.3, 0.4) is 0 Å². The van der Waals surface area contributed by atoms with E-state index in [1.165, 1.54) is 11.1 Å². The van der Waals surface area contributed by atoms with Crippen molar-refractivity contribution in [3.63, 3.8) is 0 Å². The molecule has 4 heteroatoms. The molecule has 0 spiro atoms. The second-order valence-corrected chi connectivity index (χ2v) is 6.61. The van der Waals surface area contributed by atoms with Crippen molar-refractivity contribution < 1.29 is 5.11 Å². The van der Waals surface area contributed by atoms with E-state index in [1.54, 1.807) is 11.8 Å². The average molecular weight is 308 g/mol. The van der Waals surface area contributed by atoms with Crippen molar-refractivity contribution in [3.8, 4) is 0 Å². The van der Waals surface area contributed by atoms with Crippen molar-refractivity contribution in [2.24, 2.45) is 0 Å². The first-order valence-electron chi connectivity index (χ1n) is 7.26. The van der Waals surface area contributed by atoms with Crippen LogP contribution in [0.25, 0.3) is 15.9 Å². The molecule has 0 radical (unpaired) electrons. The number of nitrogens with zero attached hydrogens (tertiary/aromatic N) is 2. The smallest absolute Gasteiger partial charge is 0.176 e. The van der Waals surface area contributed by atoms with E-state index in [-0.39, 0.29) is 0 Å². The monoisotopic (exact) mass is 308 g/mol. The summed E-state index contributed by atoms with van der Waals surface area (Å²) in [6.07, 6.45) is 1.21. The largest absolute Gasteiger partial charge is 0.369 e. The molecule has 0 fully saturated rings. The lowest BCUT2D eigenvalue weighted by atomic mass is 10.1. The normalized spacial score (nSPS) is 17.4. The van der Waals surface area contributed by atoms with Crippen LogP contribution in [-0.4, -0.2) is 14.7 Å². The van der Waals surface area contributed by atoms with Crippen molar-refractivity contribution in [1.29, 1.82) is 0 Å². The van der Waals surface area contributed by atoms with E-state index < -0.39 is 6.23 Å². The van der Waals surface area contributed by atoms with Crippen LogP contribution in [0.2, 0.25) is 0 Å². The first kappa shape index (κ1) is 13.6. The Balaban J connectivity index is 1.86. The molecule has 0 amide bonds. The lowest BCUT2D eigenvalue weighted by Crippen LogP contribution is -2.10. The minimum atomic E-state index is -0.682. The molecular formula is C18H16N2OS. The molecule has 110 valence electrons. The molecule has 0 saturated carbocycles. The fourth-order valence-corrected chi connectivity index (χ4v) is 3.84. The lowest BCUT2D eigenvalue weighted by molar-refractivity contribution is 0.149. The quantitative estimate of drug-likeness (QED) is 0.728. The van der Waals surface area contributed by atoms with Crippen LogP contribution < -0.4 is 0 Å². The Bertz CT molecular complexity index is 896. The van der Waals surface area contributed by atoms with Crippen molar-refractivity contribution in [2.75, 3.05) is 0 Å². The number of aliphatic hydroxyl groups excluding tert-OH is 1. The highest BCUT2D eigenvalue weighted by Gasteiger charge is 2.23. The minimum Gasteiger partial charge on any atom is -0.369 e. The van der Waals surface area contributed by atoms with Gasteiger partial charge in [-0.2, -0.15) is 0 Å². The van der Waals surface area contributed by atoms with Crippen molar-refractivity contribution in [1.82, 2.24) is 9.55 Å². The molecule has 1 aromatic heterocycles. The summed E-state index contributed by atoms with van der Waals surface area (Å²) in [6, 6.07) is 14.3. The molecule has 22 heavy (non-hydrogen) atoms. The predicted molar refractivity (Wildman–Crippen MR) is 90.7 cm³/mol. The number of aromatic nitrogens is 2. The van der Waals surface area contributed by atoms with Gasteiger partial charge in [0.2, 0.25) is 0 Å². The maximum atomic E-state index is 10.6. The standard InChI is InChI=1S/C18H16N2OS/c1-11-8-14-15(9-12(11)2)20-17(21)10-16(22-18(20)19-14)13-6-4-3-5-7-13/h3-10,17,21H,1-2H3/t17-/m0/s1. The molecule has 1 aliphatic heterocycles. The van der Waals surface area contributed by atoms with Gasteiger partial charge < -0.3 is 5.11 Å². The molecule has 1 aliphatic rings. The second kappa shape index (κ2) is 5.00. The number of aliphatic hydroxyl groups is 1. The summed E-state index contributed by atoms with van der Waals surface area (Å²) in [7, 11) is 0. The van der Waals surface area contributed by atoms with Crippen LogP contribution in [0, 0.1) is 13.8 Å².